The van der Waals surface area contributed by atoms with Gasteiger partial charge in [0.2, 0.25) is 0 Å². The number of allylic oxidation sites excluding steroid dienone is 1. The molecular weight excluding hydrogens is 350 g/mol. The van der Waals surface area contributed by atoms with E-state index in [0.29, 0.717) is 18.8 Å². The number of esters is 1. The molecule has 6 nitrogen and oxygen atoms in total. The molecule has 0 radical (unpaired) electrons. The van der Waals surface area contributed by atoms with Gasteiger partial charge >= 0.3 is 5.97 Å². The second kappa shape index (κ2) is 7.29. The van der Waals surface area contributed by atoms with Crippen molar-refractivity contribution in [1.82, 2.24) is 14.8 Å². The number of nitrogens with zero attached hydrogens (tertiary/aromatic N) is 3. The Morgan fingerprint density at radius 2 is 2.12 bits per heavy atom. The molecule has 0 atom stereocenters. The monoisotopic (exact) mass is 371 g/mol. The lowest BCUT2D eigenvalue weighted by Crippen LogP contribution is -2.09. The van der Waals surface area contributed by atoms with E-state index in [1.54, 1.807) is 36.1 Å². The van der Waals surface area contributed by atoms with E-state index in [0.717, 1.165) is 37.8 Å². The molecule has 0 aliphatic carbocycles. The van der Waals surface area contributed by atoms with Crippen LogP contribution in [0.15, 0.2) is 24.8 Å². The van der Waals surface area contributed by atoms with Crippen molar-refractivity contribution in [1.29, 1.82) is 0 Å². The van der Waals surface area contributed by atoms with Crippen LogP contribution in [0.25, 0.3) is 15.8 Å². The molecule has 0 fully saturated rings. The quantitative estimate of drug-likeness (QED) is 0.611. The highest BCUT2D eigenvalue weighted by Gasteiger charge is 2.16. The maximum atomic E-state index is 11.9. The number of aryl methyl sites for hydroxylation is 1. The molecule has 26 heavy (non-hydrogen) atoms. The van der Waals surface area contributed by atoms with Crippen molar-refractivity contribution in [3.05, 3.63) is 46.7 Å². The molecule has 0 bridgehead atoms. The summed E-state index contributed by atoms with van der Waals surface area (Å²) in [5, 5.41) is 5.29. The smallest absolute Gasteiger partial charge is 0.358 e. The molecule has 136 valence electrons. The third-order valence-corrected chi connectivity index (χ3v) is 5.10. The Hall–Kier alpha value is -2.67. The van der Waals surface area contributed by atoms with Crippen molar-refractivity contribution in [3.63, 3.8) is 0 Å². The van der Waals surface area contributed by atoms with Gasteiger partial charge in [0.1, 0.15) is 10.8 Å². The van der Waals surface area contributed by atoms with E-state index in [9.17, 15) is 4.79 Å². The van der Waals surface area contributed by atoms with Crippen LogP contribution in [0.3, 0.4) is 0 Å². The van der Waals surface area contributed by atoms with E-state index in [-0.39, 0.29) is 0 Å². The highest BCUT2D eigenvalue weighted by atomic mass is 32.1. The standard InChI is InChI=1S/C19H21N3O3S/c1-6-25-19(23)15-7-12(4)22(21-15)10-13-8-14(24-5)9-16-17(13)20-18(26-16)11(2)3/h7-9H,2,6,10H2,1,3-5H3. The summed E-state index contributed by atoms with van der Waals surface area (Å²) in [5.41, 5.74) is 3.99. The average Bonchev–Trinajstić information content (AvgIpc) is 3.19. The van der Waals surface area contributed by atoms with Crippen LogP contribution in [0.1, 0.15) is 40.6 Å². The summed E-state index contributed by atoms with van der Waals surface area (Å²) in [5.74, 6) is 0.350. The van der Waals surface area contributed by atoms with Crippen molar-refractivity contribution >= 4 is 33.1 Å². The van der Waals surface area contributed by atoms with Gasteiger partial charge in [-0.3, -0.25) is 4.68 Å². The molecule has 0 N–H and O–H groups in total. The second-order valence-electron chi connectivity index (χ2n) is 5.98. The number of ether oxygens (including phenoxy) is 2. The number of thiazole rings is 1. The summed E-state index contributed by atoms with van der Waals surface area (Å²) in [4.78, 5) is 16.6. The maximum Gasteiger partial charge on any atom is 0.358 e. The Morgan fingerprint density at radius 1 is 1.35 bits per heavy atom. The molecule has 7 heteroatoms. The molecule has 0 amide bonds. The highest BCUT2D eigenvalue weighted by Crippen LogP contribution is 2.32. The minimum atomic E-state index is -0.414. The number of hydrogen-bond donors (Lipinski definition) is 0. The number of benzene rings is 1. The van der Waals surface area contributed by atoms with Gasteiger partial charge in [0.25, 0.3) is 0 Å². The van der Waals surface area contributed by atoms with Gasteiger partial charge in [-0.25, -0.2) is 9.78 Å². The van der Waals surface area contributed by atoms with E-state index in [4.69, 9.17) is 14.5 Å². The average molecular weight is 371 g/mol. The van der Waals surface area contributed by atoms with Crippen molar-refractivity contribution in [3.8, 4) is 5.75 Å². The van der Waals surface area contributed by atoms with Crippen molar-refractivity contribution < 1.29 is 14.3 Å². The second-order valence-corrected chi connectivity index (χ2v) is 7.01. The number of carbonyl (C=O) groups is 1. The Kier molecular flexibility index (Phi) is 5.08. The van der Waals surface area contributed by atoms with Gasteiger partial charge in [-0.05, 0) is 44.5 Å². The Balaban J connectivity index is 2.02. The number of fused-ring (bicyclic) bond motifs is 1. The third-order valence-electron chi connectivity index (χ3n) is 3.93. The Labute approximate surface area is 156 Å². The first-order valence-electron chi connectivity index (χ1n) is 8.27. The fraction of sp³-hybridized carbons (Fsp3) is 0.316. The predicted octanol–water partition coefficient (Wildman–Crippen LogP) is 4.07. The third kappa shape index (κ3) is 3.48. The zero-order valence-electron chi connectivity index (χ0n) is 15.3. The van der Waals surface area contributed by atoms with Crippen LogP contribution in [0.4, 0.5) is 0 Å². The first-order chi connectivity index (χ1) is 12.4. The molecule has 0 unspecified atom stereocenters. The Morgan fingerprint density at radius 3 is 2.77 bits per heavy atom. The largest absolute Gasteiger partial charge is 0.497 e. The lowest BCUT2D eigenvalue weighted by Gasteiger charge is -2.08. The first kappa shape index (κ1) is 18.1. The Bertz CT molecular complexity index is 987. The molecule has 2 aromatic heterocycles. The van der Waals surface area contributed by atoms with Gasteiger partial charge in [-0.1, -0.05) is 6.58 Å². The van der Waals surface area contributed by atoms with E-state index in [1.165, 1.54) is 0 Å². The zero-order valence-corrected chi connectivity index (χ0v) is 16.1. The summed E-state index contributed by atoms with van der Waals surface area (Å²) in [7, 11) is 1.64. The molecular formula is C19H21N3O3S. The number of carbonyl (C=O) groups excluding carboxylic acids is 1. The highest BCUT2D eigenvalue weighted by molar-refractivity contribution is 7.19. The van der Waals surface area contributed by atoms with Crippen LogP contribution in [-0.4, -0.2) is 34.5 Å². The fourth-order valence-corrected chi connectivity index (χ4v) is 3.60. The summed E-state index contributed by atoms with van der Waals surface area (Å²) in [6.45, 7) is 10.4. The van der Waals surface area contributed by atoms with Crippen LogP contribution in [0.5, 0.6) is 5.75 Å². The van der Waals surface area contributed by atoms with Crippen LogP contribution >= 0.6 is 11.3 Å². The molecule has 0 saturated carbocycles. The van der Waals surface area contributed by atoms with Gasteiger partial charge < -0.3 is 9.47 Å². The number of methoxy groups -OCH3 is 1. The summed E-state index contributed by atoms with van der Waals surface area (Å²) < 4.78 is 13.3. The minimum absolute atomic E-state index is 0.310. The molecule has 0 aliphatic rings. The van der Waals surface area contributed by atoms with E-state index in [2.05, 4.69) is 11.7 Å². The van der Waals surface area contributed by atoms with Crippen molar-refractivity contribution in [2.75, 3.05) is 13.7 Å². The molecule has 1 aromatic carbocycles. The summed E-state index contributed by atoms with van der Waals surface area (Å²) in [6, 6.07) is 5.66. The van der Waals surface area contributed by atoms with E-state index < -0.39 is 5.97 Å². The summed E-state index contributed by atoms with van der Waals surface area (Å²) >= 11 is 1.59. The molecule has 2 heterocycles. The number of rotatable bonds is 6. The topological polar surface area (TPSA) is 66.2 Å². The molecule has 0 aliphatic heterocycles. The molecule has 0 spiro atoms. The lowest BCUT2D eigenvalue weighted by atomic mass is 10.2. The van der Waals surface area contributed by atoms with Crippen LogP contribution in [0.2, 0.25) is 0 Å². The van der Waals surface area contributed by atoms with Gasteiger partial charge in [-0.15, -0.1) is 11.3 Å². The van der Waals surface area contributed by atoms with Gasteiger partial charge in [0.05, 0.1) is 30.5 Å². The normalized spacial score (nSPS) is 10.9. The summed E-state index contributed by atoms with van der Waals surface area (Å²) in [6.07, 6.45) is 0. The molecule has 0 saturated heterocycles. The SMILES string of the molecule is C=C(C)c1nc2c(Cn3nc(C(=O)OCC)cc3C)cc(OC)cc2s1. The first-order valence-corrected chi connectivity index (χ1v) is 9.09. The van der Waals surface area contributed by atoms with Gasteiger partial charge in [-0.2, -0.15) is 5.10 Å². The van der Waals surface area contributed by atoms with Crippen molar-refractivity contribution in [2.24, 2.45) is 0 Å². The van der Waals surface area contributed by atoms with E-state index >= 15 is 0 Å². The van der Waals surface area contributed by atoms with Crippen LogP contribution in [-0.2, 0) is 11.3 Å². The van der Waals surface area contributed by atoms with Crippen molar-refractivity contribution in [2.45, 2.75) is 27.3 Å². The van der Waals surface area contributed by atoms with E-state index in [1.807, 2.05) is 26.0 Å². The lowest BCUT2D eigenvalue weighted by molar-refractivity contribution is 0.0518. The maximum absolute atomic E-state index is 11.9. The zero-order chi connectivity index (χ0) is 18.8. The van der Waals surface area contributed by atoms with Gasteiger partial charge in [0.15, 0.2) is 5.69 Å². The molecule has 3 aromatic rings. The van der Waals surface area contributed by atoms with Gasteiger partial charge in [0, 0.05) is 11.3 Å². The van der Waals surface area contributed by atoms with Crippen LogP contribution < -0.4 is 4.74 Å². The predicted molar refractivity (Wildman–Crippen MR) is 103 cm³/mol. The number of hydrogen-bond acceptors (Lipinski definition) is 6. The minimum Gasteiger partial charge on any atom is -0.497 e. The molecule has 3 rings (SSSR count). The fourth-order valence-electron chi connectivity index (χ4n) is 2.63. The van der Waals surface area contributed by atoms with Crippen LogP contribution in [0, 0.1) is 6.92 Å². The number of aromatic nitrogens is 3.